The highest BCUT2D eigenvalue weighted by atomic mass is 19.4. The first-order valence-corrected chi connectivity index (χ1v) is 6.59. The van der Waals surface area contributed by atoms with Crippen LogP contribution in [-0.2, 0) is 9.47 Å². The van der Waals surface area contributed by atoms with Gasteiger partial charge < -0.3 is 9.47 Å². The molecule has 2 nitrogen and oxygen atoms in total. The van der Waals surface area contributed by atoms with Crippen LogP contribution >= 0.6 is 0 Å². The van der Waals surface area contributed by atoms with Crippen molar-refractivity contribution in [1.29, 1.82) is 0 Å². The molecule has 0 unspecified atom stereocenters. The fraction of sp³-hybridized carbons (Fsp3) is 1.00. The van der Waals surface area contributed by atoms with Gasteiger partial charge in [-0.1, -0.05) is 0 Å². The van der Waals surface area contributed by atoms with Gasteiger partial charge in [0.25, 0.3) is 0 Å². The van der Waals surface area contributed by atoms with Crippen molar-refractivity contribution in [3.05, 3.63) is 0 Å². The SMILES string of the molecule is FC(F)(F)C(F)(F)C(F)(F)CC1CCC2(CC1)OCCO2. The number of hydrogen-bond donors (Lipinski definition) is 0. The van der Waals surface area contributed by atoms with Gasteiger partial charge in [0.05, 0.1) is 13.2 Å². The smallest absolute Gasteiger partial charge is 0.348 e. The van der Waals surface area contributed by atoms with E-state index < -0.39 is 36.1 Å². The normalized spacial score (nSPS) is 24.7. The minimum atomic E-state index is -6.26. The molecule has 1 spiro atoms. The Kier molecular flexibility index (Phi) is 4.20. The average Bonchev–Trinajstić information content (AvgIpc) is 2.79. The molecule has 1 heterocycles. The van der Waals surface area contributed by atoms with Gasteiger partial charge in [-0.05, 0) is 18.8 Å². The van der Waals surface area contributed by atoms with Crippen LogP contribution in [-0.4, -0.2) is 37.0 Å². The van der Waals surface area contributed by atoms with Crippen molar-refractivity contribution in [3.8, 4) is 0 Å². The first-order valence-electron chi connectivity index (χ1n) is 6.59. The van der Waals surface area contributed by atoms with Crippen LogP contribution in [0, 0.1) is 5.92 Å². The van der Waals surface area contributed by atoms with Crippen molar-refractivity contribution in [1.82, 2.24) is 0 Å². The lowest BCUT2D eigenvalue weighted by atomic mass is 9.81. The molecule has 0 aromatic heterocycles. The van der Waals surface area contributed by atoms with Crippen molar-refractivity contribution >= 4 is 0 Å². The Morgan fingerprint density at radius 2 is 1.33 bits per heavy atom. The maximum absolute atomic E-state index is 13.3. The molecule has 124 valence electrons. The number of halogens is 7. The summed E-state index contributed by atoms with van der Waals surface area (Å²) in [5, 5.41) is 0. The summed E-state index contributed by atoms with van der Waals surface area (Å²) in [6.45, 7) is 0.736. The molecule has 0 radical (unpaired) electrons. The van der Waals surface area contributed by atoms with Crippen molar-refractivity contribution < 1.29 is 40.2 Å². The highest BCUT2D eigenvalue weighted by Crippen LogP contribution is 2.51. The topological polar surface area (TPSA) is 18.5 Å². The summed E-state index contributed by atoms with van der Waals surface area (Å²) >= 11 is 0. The van der Waals surface area contributed by atoms with Gasteiger partial charge in [0, 0.05) is 19.3 Å². The number of rotatable bonds is 3. The Morgan fingerprint density at radius 3 is 1.76 bits per heavy atom. The molecule has 0 aromatic carbocycles. The lowest BCUT2D eigenvalue weighted by Crippen LogP contribution is -2.53. The van der Waals surface area contributed by atoms with Crippen molar-refractivity contribution in [2.75, 3.05) is 13.2 Å². The van der Waals surface area contributed by atoms with E-state index >= 15 is 0 Å². The minimum absolute atomic E-state index is 0.0729. The molecule has 9 heteroatoms. The lowest BCUT2D eigenvalue weighted by molar-refractivity contribution is -0.358. The third kappa shape index (κ3) is 3.13. The van der Waals surface area contributed by atoms with E-state index in [0.717, 1.165) is 0 Å². The molecule has 2 fully saturated rings. The first kappa shape index (κ1) is 16.8. The van der Waals surface area contributed by atoms with Crippen LogP contribution in [0.1, 0.15) is 32.1 Å². The molecule has 0 aromatic rings. The molecule has 2 rings (SSSR count). The Balaban J connectivity index is 1.96. The zero-order chi connectivity index (χ0) is 15.9. The first-order chi connectivity index (χ1) is 9.49. The van der Waals surface area contributed by atoms with Crippen LogP contribution in [0.4, 0.5) is 30.7 Å². The lowest BCUT2D eigenvalue weighted by Gasteiger charge is -2.37. The van der Waals surface area contributed by atoms with Crippen LogP contribution in [0.5, 0.6) is 0 Å². The second-order valence-corrected chi connectivity index (χ2v) is 5.53. The zero-order valence-electron chi connectivity index (χ0n) is 11.0. The summed E-state index contributed by atoms with van der Waals surface area (Å²) in [5.41, 5.74) is 0. The molecule has 1 aliphatic carbocycles. The van der Waals surface area contributed by atoms with Crippen molar-refractivity contribution in [3.63, 3.8) is 0 Å². The second kappa shape index (κ2) is 5.26. The van der Waals surface area contributed by atoms with Crippen LogP contribution in [0.2, 0.25) is 0 Å². The van der Waals surface area contributed by atoms with Gasteiger partial charge in [-0.2, -0.15) is 30.7 Å². The van der Waals surface area contributed by atoms with Crippen LogP contribution < -0.4 is 0 Å². The number of ether oxygens (including phenoxy) is 2. The maximum atomic E-state index is 13.3. The summed E-state index contributed by atoms with van der Waals surface area (Å²) in [6.07, 6.45) is -7.15. The van der Waals surface area contributed by atoms with Gasteiger partial charge >= 0.3 is 18.0 Å². The molecule has 0 N–H and O–H groups in total. The molecule has 0 bridgehead atoms. The van der Waals surface area contributed by atoms with Gasteiger partial charge in [-0.15, -0.1) is 0 Å². The Hall–Kier alpha value is -0.570. The Labute approximate surface area is 116 Å². The van der Waals surface area contributed by atoms with Crippen molar-refractivity contribution in [2.45, 2.75) is 55.9 Å². The van der Waals surface area contributed by atoms with Crippen LogP contribution in [0.3, 0.4) is 0 Å². The standard InChI is InChI=1S/C12H15F7O2/c13-10(14,11(15,16)12(17,18)19)7-8-1-3-9(4-2-8)20-5-6-21-9/h8H,1-7H2. The van der Waals surface area contributed by atoms with E-state index in [4.69, 9.17) is 9.47 Å². The van der Waals surface area contributed by atoms with E-state index in [0.29, 0.717) is 13.2 Å². The van der Waals surface area contributed by atoms with Gasteiger partial charge in [-0.25, -0.2) is 0 Å². The maximum Gasteiger partial charge on any atom is 0.459 e. The molecule has 1 saturated carbocycles. The summed E-state index contributed by atoms with van der Waals surface area (Å²) in [4.78, 5) is 0. The predicted molar refractivity (Wildman–Crippen MR) is 57.2 cm³/mol. The van der Waals surface area contributed by atoms with Crippen molar-refractivity contribution in [2.24, 2.45) is 5.92 Å². The summed E-state index contributed by atoms with van der Waals surface area (Å²) in [5.74, 6) is -12.9. The Bertz CT molecular complexity index is 364. The molecule has 21 heavy (non-hydrogen) atoms. The Morgan fingerprint density at radius 1 is 0.857 bits per heavy atom. The van der Waals surface area contributed by atoms with Crippen LogP contribution in [0.15, 0.2) is 0 Å². The van der Waals surface area contributed by atoms with E-state index in [1.165, 1.54) is 0 Å². The second-order valence-electron chi connectivity index (χ2n) is 5.53. The molecule has 0 atom stereocenters. The van der Waals surface area contributed by atoms with E-state index in [1.807, 2.05) is 0 Å². The largest absolute Gasteiger partial charge is 0.459 e. The third-order valence-electron chi connectivity index (χ3n) is 4.04. The summed E-state index contributed by atoms with van der Waals surface area (Å²) in [7, 11) is 0. The van der Waals surface area contributed by atoms with E-state index in [9.17, 15) is 30.7 Å². The molecule has 1 saturated heterocycles. The molecule has 2 aliphatic rings. The van der Waals surface area contributed by atoms with E-state index in [2.05, 4.69) is 0 Å². The van der Waals surface area contributed by atoms with Gasteiger partial charge in [0.1, 0.15) is 0 Å². The average molecular weight is 324 g/mol. The predicted octanol–water partition coefficient (Wildman–Crippen LogP) is 4.14. The highest BCUT2D eigenvalue weighted by Gasteiger charge is 2.72. The van der Waals surface area contributed by atoms with Gasteiger partial charge in [0.2, 0.25) is 0 Å². The summed E-state index contributed by atoms with van der Waals surface area (Å²) in [6, 6.07) is 0. The fourth-order valence-corrected chi connectivity index (χ4v) is 2.81. The molecular weight excluding hydrogens is 309 g/mol. The quantitative estimate of drug-likeness (QED) is 0.726. The molecule has 0 amide bonds. The number of alkyl halides is 7. The summed E-state index contributed by atoms with van der Waals surface area (Å²) < 4.78 is 99.2. The minimum Gasteiger partial charge on any atom is -0.348 e. The third-order valence-corrected chi connectivity index (χ3v) is 4.04. The van der Waals surface area contributed by atoms with Gasteiger partial charge in [-0.3, -0.25) is 0 Å². The molecule has 1 aliphatic heterocycles. The van der Waals surface area contributed by atoms with Gasteiger partial charge in [0.15, 0.2) is 5.79 Å². The highest BCUT2D eigenvalue weighted by molar-refractivity contribution is 4.94. The monoisotopic (exact) mass is 324 g/mol. The molecular formula is C12H15F7O2. The number of hydrogen-bond acceptors (Lipinski definition) is 2. The van der Waals surface area contributed by atoms with E-state index in [-0.39, 0.29) is 25.7 Å². The zero-order valence-corrected chi connectivity index (χ0v) is 11.0. The fourth-order valence-electron chi connectivity index (χ4n) is 2.81. The van der Waals surface area contributed by atoms with E-state index in [1.54, 1.807) is 0 Å². The van der Waals surface area contributed by atoms with Crippen LogP contribution in [0.25, 0.3) is 0 Å².